The topological polar surface area (TPSA) is 88.6 Å². The molecule has 0 spiro atoms. The molecular formula is C19H19N3O4. The number of esters is 1. The average molecular weight is 353 g/mol. The van der Waals surface area contributed by atoms with Crippen molar-refractivity contribution in [3.8, 4) is 0 Å². The van der Waals surface area contributed by atoms with Gasteiger partial charge in [-0.05, 0) is 55.7 Å². The molecule has 1 aromatic carbocycles. The third-order valence-corrected chi connectivity index (χ3v) is 4.07. The minimum absolute atomic E-state index is 0.109. The number of pyridine rings is 1. The number of aryl methyl sites for hydroxylation is 1. The highest BCUT2D eigenvalue weighted by Gasteiger charge is 2.24. The van der Waals surface area contributed by atoms with Crippen LogP contribution in [-0.4, -0.2) is 35.9 Å². The van der Waals surface area contributed by atoms with Crippen LogP contribution in [0.1, 0.15) is 29.3 Å². The van der Waals surface area contributed by atoms with Crippen LogP contribution in [0.5, 0.6) is 0 Å². The molecule has 1 aliphatic heterocycles. The number of carbonyl (C=O) groups is 3. The highest BCUT2D eigenvalue weighted by Crippen LogP contribution is 2.30. The lowest BCUT2D eigenvalue weighted by molar-refractivity contribution is -0.152. The van der Waals surface area contributed by atoms with Crippen molar-refractivity contribution in [1.82, 2.24) is 4.98 Å². The first-order valence-corrected chi connectivity index (χ1v) is 8.43. The highest BCUT2D eigenvalue weighted by atomic mass is 16.5. The second-order valence-electron chi connectivity index (χ2n) is 5.82. The Balaban J connectivity index is 1.80. The van der Waals surface area contributed by atoms with Crippen molar-refractivity contribution in [3.63, 3.8) is 0 Å². The van der Waals surface area contributed by atoms with Crippen LogP contribution < -0.4 is 10.2 Å². The van der Waals surface area contributed by atoms with Crippen molar-refractivity contribution >= 4 is 29.2 Å². The Morgan fingerprint density at radius 3 is 2.85 bits per heavy atom. The molecule has 0 unspecified atom stereocenters. The summed E-state index contributed by atoms with van der Waals surface area (Å²) in [5, 5.41) is 2.53. The standard InChI is InChI=1S/C19H19N3O4/c1-2-26-19(25)17(23)21-15-7-8-16-13(11-15)6-4-10-22(16)18(24)14-5-3-9-20-12-14/h3,5,7-9,11-12H,2,4,6,10H2,1H3,(H,21,23). The summed E-state index contributed by atoms with van der Waals surface area (Å²) in [6.07, 6.45) is 4.77. The number of hydrogen-bond acceptors (Lipinski definition) is 5. The molecule has 7 nitrogen and oxygen atoms in total. The van der Waals surface area contributed by atoms with Crippen LogP contribution >= 0.6 is 0 Å². The minimum Gasteiger partial charge on any atom is -0.459 e. The molecule has 0 aliphatic carbocycles. The number of nitrogens with one attached hydrogen (secondary N) is 1. The fourth-order valence-corrected chi connectivity index (χ4v) is 2.91. The monoisotopic (exact) mass is 353 g/mol. The fraction of sp³-hybridized carbons (Fsp3) is 0.263. The molecule has 1 aromatic heterocycles. The van der Waals surface area contributed by atoms with Crippen LogP contribution in [-0.2, 0) is 20.7 Å². The van der Waals surface area contributed by atoms with E-state index in [0.717, 1.165) is 24.1 Å². The van der Waals surface area contributed by atoms with Crippen LogP contribution in [0.3, 0.4) is 0 Å². The summed E-state index contributed by atoms with van der Waals surface area (Å²) in [5.41, 5.74) is 2.77. The molecule has 3 rings (SSSR count). The van der Waals surface area contributed by atoms with Crippen molar-refractivity contribution < 1.29 is 19.1 Å². The summed E-state index contributed by atoms with van der Waals surface area (Å²) in [6, 6.07) is 8.70. The fourth-order valence-electron chi connectivity index (χ4n) is 2.91. The van der Waals surface area contributed by atoms with Gasteiger partial charge in [-0.25, -0.2) is 4.79 Å². The normalized spacial score (nSPS) is 12.9. The van der Waals surface area contributed by atoms with E-state index in [2.05, 4.69) is 15.0 Å². The lowest BCUT2D eigenvalue weighted by Gasteiger charge is -2.30. The second kappa shape index (κ2) is 7.77. The molecule has 0 bridgehead atoms. The zero-order chi connectivity index (χ0) is 18.5. The van der Waals surface area contributed by atoms with Crippen molar-refractivity contribution in [1.29, 1.82) is 0 Å². The summed E-state index contributed by atoms with van der Waals surface area (Å²) < 4.78 is 4.68. The van der Waals surface area contributed by atoms with Crippen LogP contribution in [0, 0.1) is 0 Å². The van der Waals surface area contributed by atoms with Crippen molar-refractivity contribution in [2.75, 3.05) is 23.4 Å². The number of anilines is 2. The van der Waals surface area contributed by atoms with E-state index in [1.807, 2.05) is 0 Å². The Kier molecular flexibility index (Phi) is 5.26. The van der Waals surface area contributed by atoms with E-state index in [1.165, 1.54) is 0 Å². The second-order valence-corrected chi connectivity index (χ2v) is 5.82. The number of ether oxygens (including phenoxy) is 1. The number of amides is 2. The molecule has 2 heterocycles. The van der Waals surface area contributed by atoms with Crippen molar-refractivity contribution in [2.24, 2.45) is 0 Å². The van der Waals surface area contributed by atoms with Gasteiger partial charge < -0.3 is 15.0 Å². The minimum atomic E-state index is -0.918. The number of carbonyl (C=O) groups excluding carboxylic acids is 3. The molecule has 0 radical (unpaired) electrons. The van der Waals surface area contributed by atoms with Gasteiger partial charge in [0.05, 0.1) is 12.2 Å². The maximum Gasteiger partial charge on any atom is 0.397 e. The zero-order valence-corrected chi connectivity index (χ0v) is 14.4. The van der Waals surface area contributed by atoms with E-state index in [0.29, 0.717) is 17.8 Å². The molecule has 1 aliphatic rings. The first-order chi connectivity index (χ1) is 12.6. The largest absolute Gasteiger partial charge is 0.459 e. The Morgan fingerprint density at radius 1 is 1.27 bits per heavy atom. The lowest BCUT2D eigenvalue weighted by atomic mass is 10.00. The van der Waals surface area contributed by atoms with E-state index in [-0.39, 0.29) is 12.5 Å². The van der Waals surface area contributed by atoms with Crippen LogP contribution in [0.25, 0.3) is 0 Å². The SMILES string of the molecule is CCOC(=O)C(=O)Nc1ccc2c(c1)CCCN2C(=O)c1cccnc1. The molecule has 26 heavy (non-hydrogen) atoms. The number of nitrogens with zero attached hydrogens (tertiary/aromatic N) is 2. The molecular weight excluding hydrogens is 334 g/mol. The number of benzene rings is 1. The zero-order valence-electron chi connectivity index (χ0n) is 14.4. The predicted octanol–water partition coefficient (Wildman–Crippen LogP) is 2.18. The Hall–Kier alpha value is -3.22. The number of aromatic nitrogens is 1. The quantitative estimate of drug-likeness (QED) is 0.675. The number of fused-ring (bicyclic) bond motifs is 1. The Bertz CT molecular complexity index is 836. The number of hydrogen-bond donors (Lipinski definition) is 1. The Morgan fingerprint density at radius 2 is 2.12 bits per heavy atom. The van der Waals surface area contributed by atoms with Gasteiger partial charge in [0.2, 0.25) is 0 Å². The maximum absolute atomic E-state index is 12.7. The maximum atomic E-state index is 12.7. The molecule has 1 N–H and O–H groups in total. The molecule has 0 fully saturated rings. The highest BCUT2D eigenvalue weighted by molar-refractivity contribution is 6.37. The Labute approximate surface area is 151 Å². The summed E-state index contributed by atoms with van der Waals surface area (Å²) in [4.78, 5) is 41.7. The lowest BCUT2D eigenvalue weighted by Crippen LogP contribution is -2.35. The molecule has 7 heteroatoms. The van der Waals surface area contributed by atoms with Gasteiger partial charge in [-0.15, -0.1) is 0 Å². The van der Waals surface area contributed by atoms with Crippen LogP contribution in [0.4, 0.5) is 11.4 Å². The van der Waals surface area contributed by atoms with Gasteiger partial charge in [-0.3, -0.25) is 14.6 Å². The van der Waals surface area contributed by atoms with Gasteiger partial charge in [0.15, 0.2) is 0 Å². The predicted molar refractivity (Wildman–Crippen MR) is 95.9 cm³/mol. The molecule has 0 atom stereocenters. The van der Waals surface area contributed by atoms with E-state index in [9.17, 15) is 14.4 Å². The smallest absolute Gasteiger partial charge is 0.397 e. The first kappa shape index (κ1) is 17.6. The van der Waals surface area contributed by atoms with E-state index >= 15 is 0 Å². The van der Waals surface area contributed by atoms with Gasteiger partial charge in [-0.2, -0.15) is 0 Å². The van der Waals surface area contributed by atoms with Crippen LogP contribution in [0.2, 0.25) is 0 Å². The molecule has 134 valence electrons. The van der Waals surface area contributed by atoms with E-state index in [1.54, 1.807) is 54.5 Å². The van der Waals surface area contributed by atoms with Crippen molar-refractivity contribution in [3.05, 3.63) is 53.9 Å². The van der Waals surface area contributed by atoms with E-state index in [4.69, 9.17) is 0 Å². The third-order valence-electron chi connectivity index (χ3n) is 4.07. The van der Waals surface area contributed by atoms with E-state index < -0.39 is 11.9 Å². The third kappa shape index (κ3) is 3.72. The summed E-state index contributed by atoms with van der Waals surface area (Å²) >= 11 is 0. The van der Waals surface area contributed by atoms with Gasteiger partial charge in [0.25, 0.3) is 5.91 Å². The molecule has 2 amide bonds. The summed E-state index contributed by atoms with van der Waals surface area (Å²) in [5.74, 6) is -1.84. The van der Waals surface area contributed by atoms with Gasteiger partial charge in [0.1, 0.15) is 0 Å². The molecule has 0 saturated carbocycles. The molecule has 2 aromatic rings. The van der Waals surface area contributed by atoms with Crippen LogP contribution in [0.15, 0.2) is 42.7 Å². The van der Waals surface area contributed by atoms with Crippen molar-refractivity contribution in [2.45, 2.75) is 19.8 Å². The van der Waals surface area contributed by atoms with Gasteiger partial charge >= 0.3 is 11.9 Å². The van der Waals surface area contributed by atoms with Gasteiger partial charge in [-0.1, -0.05) is 0 Å². The average Bonchev–Trinajstić information content (AvgIpc) is 2.67. The molecule has 0 saturated heterocycles. The van der Waals surface area contributed by atoms with Gasteiger partial charge in [0, 0.05) is 30.3 Å². The summed E-state index contributed by atoms with van der Waals surface area (Å²) in [7, 11) is 0. The number of rotatable bonds is 3. The first-order valence-electron chi connectivity index (χ1n) is 8.43. The summed E-state index contributed by atoms with van der Waals surface area (Å²) in [6.45, 7) is 2.40.